The normalized spacial score (nSPS) is 15.9. The van der Waals surface area contributed by atoms with E-state index in [-0.39, 0.29) is 17.7 Å². The van der Waals surface area contributed by atoms with E-state index in [0.717, 1.165) is 18.4 Å². The maximum atomic E-state index is 13.3. The molecule has 2 amide bonds. The van der Waals surface area contributed by atoms with E-state index in [1.54, 1.807) is 12.1 Å². The van der Waals surface area contributed by atoms with Crippen LogP contribution in [0.1, 0.15) is 42.6 Å². The Morgan fingerprint density at radius 2 is 1.84 bits per heavy atom. The van der Waals surface area contributed by atoms with Gasteiger partial charge in [0.25, 0.3) is 5.91 Å². The molecule has 2 aromatic carbocycles. The number of H-pyrrole nitrogens is 1. The number of aromatic amines is 1. The van der Waals surface area contributed by atoms with Crippen LogP contribution in [-0.2, 0) is 4.79 Å². The van der Waals surface area contributed by atoms with E-state index < -0.39 is 6.04 Å². The lowest BCUT2D eigenvalue weighted by Crippen LogP contribution is -2.52. The molecule has 0 unspecified atom stereocenters. The number of hydrogen-bond acceptors (Lipinski definition) is 2. The van der Waals surface area contributed by atoms with Gasteiger partial charge in [-0.15, -0.1) is 0 Å². The molecule has 0 radical (unpaired) electrons. The van der Waals surface area contributed by atoms with E-state index in [4.69, 9.17) is 0 Å². The van der Waals surface area contributed by atoms with Crippen molar-refractivity contribution in [3.05, 3.63) is 78.0 Å². The summed E-state index contributed by atoms with van der Waals surface area (Å²) in [6.07, 6.45) is 5.81. The number of fused-ring (bicyclic) bond motifs is 1. The summed E-state index contributed by atoms with van der Waals surface area (Å²) in [5, 5.41) is 4.20. The molecule has 2 heterocycles. The zero-order valence-corrected chi connectivity index (χ0v) is 18.1. The van der Waals surface area contributed by atoms with Crippen molar-refractivity contribution in [2.75, 3.05) is 13.1 Å². The maximum Gasteiger partial charge on any atom is 0.251 e. The molecule has 5 nitrogen and oxygen atoms in total. The second-order valence-corrected chi connectivity index (χ2v) is 8.21. The molecular weight excluding hydrogens is 386 g/mol. The Hall–Kier alpha value is -3.34. The van der Waals surface area contributed by atoms with Gasteiger partial charge in [-0.2, -0.15) is 0 Å². The average Bonchev–Trinajstić information content (AvgIpc) is 3.26. The fraction of sp³-hybridized carbons (Fsp3) is 0.308. The second kappa shape index (κ2) is 9.21. The third-order valence-electron chi connectivity index (χ3n) is 6.26. The van der Waals surface area contributed by atoms with Crippen LogP contribution in [0.2, 0.25) is 0 Å². The SMILES string of the molecule is CC[C@@H](C)[C@@H](NC(=O)c1ccccc1)C(=O)N1CC=C(c2c[nH]c3ccccc23)CC1. The quantitative estimate of drug-likeness (QED) is 0.617. The standard InChI is InChI=1S/C26H29N3O2/c1-3-18(2)24(28-25(30)20-9-5-4-6-10-20)26(31)29-15-13-19(14-16-29)22-17-27-23-12-8-7-11-21(22)23/h4-13,17-18,24,27H,3,14-16H2,1-2H3,(H,28,30)/t18-,24-/m1/s1. The van der Waals surface area contributed by atoms with Crippen LogP contribution in [-0.4, -0.2) is 40.8 Å². The van der Waals surface area contributed by atoms with Crippen LogP contribution < -0.4 is 5.32 Å². The summed E-state index contributed by atoms with van der Waals surface area (Å²) in [4.78, 5) is 31.2. The van der Waals surface area contributed by atoms with Crippen molar-refractivity contribution in [1.82, 2.24) is 15.2 Å². The summed E-state index contributed by atoms with van der Waals surface area (Å²) in [5.41, 5.74) is 4.16. The van der Waals surface area contributed by atoms with Crippen LogP contribution in [0.15, 0.2) is 66.9 Å². The smallest absolute Gasteiger partial charge is 0.251 e. The van der Waals surface area contributed by atoms with Crippen molar-refractivity contribution in [1.29, 1.82) is 0 Å². The van der Waals surface area contributed by atoms with Crippen molar-refractivity contribution in [3.8, 4) is 0 Å². The summed E-state index contributed by atoms with van der Waals surface area (Å²) in [5.74, 6) is -0.154. The number of aromatic nitrogens is 1. The lowest BCUT2D eigenvalue weighted by molar-refractivity contribution is -0.134. The molecular formula is C26H29N3O2. The Kier molecular flexibility index (Phi) is 6.21. The third-order valence-corrected chi connectivity index (χ3v) is 6.26. The predicted molar refractivity (Wildman–Crippen MR) is 125 cm³/mol. The molecule has 0 bridgehead atoms. The Bertz CT molecular complexity index is 1100. The first-order valence-electron chi connectivity index (χ1n) is 11.0. The molecule has 160 valence electrons. The number of benzene rings is 2. The summed E-state index contributed by atoms with van der Waals surface area (Å²) in [7, 11) is 0. The second-order valence-electron chi connectivity index (χ2n) is 8.21. The van der Waals surface area contributed by atoms with Gasteiger partial charge >= 0.3 is 0 Å². The van der Waals surface area contributed by atoms with E-state index in [0.29, 0.717) is 18.7 Å². The highest BCUT2D eigenvalue weighted by Gasteiger charge is 2.31. The minimum atomic E-state index is -0.527. The number of carbonyl (C=O) groups is 2. The minimum absolute atomic E-state index is 0.00661. The molecule has 0 fully saturated rings. The number of nitrogens with zero attached hydrogens (tertiary/aromatic N) is 1. The molecule has 0 saturated heterocycles. The van der Waals surface area contributed by atoms with Gasteiger partial charge in [0, 0.05) is 41.3 Å². The van der Waals surface area contributed by atoms with Crippen LogP contribution in [0.4, 0.5) is 0 Å². The van der Waals surface area contributed by atoms with Gasteiger partial charge in [0.1, 0.15) is 6.04 Å². The van der Waals surface area contributed by atoms with Gasteiger partial charge < -0.3 is 15.2 Å². The number of para-hydroxylation sites is 1. The Labute approximate surface area is 183 Å². The summed E-state index contributed by atoms with van der Waals surface area (Å²) >= 11 is 0. The predicted octanol–water partition coefficient (Wildman–Crippen LogP) is 4.63. The van der Waals surface area contributed by atoms with Gasteiger partial charge in [0.15, 0.2) is 0 Å². The van der Waals surface area contributed by atoms with Crippen molar-refractivity contribution >= 4 is 28.3 Å². The fourth-order valence-corrected chi connectivity index (χ4v) is 4.15. The summed E-state index contributed by atoms with van der Waals surface area (Å²) in [6.45, 7) is 5.27. The minimum Gasteiger partial charge on any atom is -0.361 e. The number of carbonyl (C=O) groups excluding carboxylic acids is 2. The number of hydrogen-bond donors (Lipinski definition) is 2. The highest BCUT2D eigenvalue weighted by molar-refractivity contribution is 5.98. The van der Waals surface area contributed by atoms with Gasteiger partial charge in [-0.25, -0.2) is 0 Å². The van der Waals surface area contributed by atoms with Gasteiger partial charge in [0.2, 0.25) is 5.91 Å². The van der Waals surface area contributed by atoms with E-state index >= 15 is 0 Å². The molecule has 0 saturated carbocycles. The van der Waals surface area contributed by atoms with Crippen molar-refractivity contribution in [2.45, 2.75) is 32.7 Å². The van der Waals surface area contributed by atoms with E-state index in [9.17, 15) is 9.59 Å². The zero-order valence-electron chi connectivity index (χ0n) is 18.1. The van der Waals surface area contributed by atoms with Crippen molar-refractivity contribution < 1.29 is 9.59 Å². The number of rotatable bonds is 6. The van der Waals surface area contributed by atoms with Crippen LogP contribution in [0.3, 0.4) is 0 Å². The lowest BCUT2D eigenvalue weighted by atomic mass is 9.95. The molecule has 1 aliphatic heterocycles. The van der Waals surface area contributed by atoms with E-state index in [1.165, 1.54) is 16.5 Å². The summed E-state index contributed by atoms with van der Waals surface area (Å²) < 4.78 is 0. The molecule has 2 atom stereocenters. The molecule has 31 heavy (non-hydrogen) atoms. The van der Waals surface area contributed by atoms with Crippen molar-refractivity contribution in [2.24, 2.45) is 5.92 Å². The molecule has 1 aromatic heterocycles. The van der Waals surface area contributed by atoms with Crippen LogP contribution in [0.25, 0.3) is 16.5 Å². The average molecular weight is 416 g/mol. The first-order chi connectivity index (χ1) is 15.1. The Morgan fingerprint density at radius 3 is 2.55 bits per heavy atom. The number of amides is 2. The topological polar surface area (TPSA) is 65.2 Å². The van der Waals surface area contributed by atoms with Gasteiger partial charge in [0.05, 0.1) is 0 Å². The van der Waals surface area contributed by atoms with Crippen LogP contribution in [0.5, 0.6) is 0 Å². The van der Waals surface area contributed by atoms with Gasteiger partial charge in [-0.05, 0) is 36.1 Å². The molecule has 2 N–H and O–H groups in total. The largest absolute Gasteiger partial charge is 0.361 e. The summed E-state index contributed by atoms with van der Waals surface area (Å²) in [6, 6.07) is 16.8. The van der Waals surface area contributed by atoms with Gasteiger partial charge in [-0.1, -0.05) is 62.7 Å². The monoisotopic (exact) mass is 415 g/mol. The third kappa shape index (κ3) is 4.41. The highest BCUT2D eigenvalue weighted by atomic mass is 16.2. The maximum absolute atomic E-state index is 13.3. The zero-order chi connectivity index (χ0) is 21.8. The lowest BCUT2D eigenvalue weighted by Gasteiger charge is -2.32. The molecule has 5 heteroatoms. The highest BCUT2D eigenvalue weighted by Crippen LogP contribution is 2.29. The molecule has 4 rings (SSSR count). The molecule has 1 aliphatic rings. The van der Waals surface area contributed by atoms with E-state index in [2.05, 4.69) is 34.7 Å². The Morgan fingerprint density at radius 1 is 1.10 bits per heavy atom. The molecule has 0 spiro atoms. The molecule has 3 aromatic rings. The first-order valence-corrected chi connectivity index (χ1v) is 11.0. The fourth-order valence-electron chi connectivity index (χ4n) is 4.15. The van der Waals surface area contributed by atoms with E-state index in [1.807, 2.05) is 49.1 Å². The van der Waals surface area contributed by atoms with Crippen LogP contribution >= 0.6 is 0 Å². The number of nitrogens with one attached hydrogen (secondary N) is 2. The van der Waals surface area contributed by atoms with Crippen molar-refractivity contribution in [3.63, 3.8) is 0 Å². The van der Waals surface area contributed by atoms with Gasteiger partial charge in [-0.3, -0.25) is 9.59 Å². The Balaban J connectivity index is 1.49. The molecule has 0 aliphatic carbocycles. The van der Waals surface area contributed by atoms with Crippen LogP contribution in [0, 0.1) is 5.92 Å². The first kappa shape index (κ1) is 20.9.